The normalized spacial score (nSPS) is 11.8. The zero-order valence-electron chi connectivity index (χ0n) is 12.3. The maximum absolute atomic E-state index is 11.9. The molecule has 1 aromatic rings. The number of unbranched alkanes of at least 4 members (excludes halogenated alkanes) is 2. The Hall–Kier alpha value is -1.23. The molecule has 0 bridgehead atoms. The summed E-state index contributed by atoms with van der Waals surface area (Å²) in [5, 5.41) is 6.11. The van der Waals surface area contributed by atoms with Gasteiger partial charge in [-0.25, -0.2) is 0 Å². The molecule has 1 unspecified atom stereocenters. The van der Waals surface area contributed by atoms with Crippen molar-refractivity contribution in [1.29, 1.82) is 0 Å². The lowest BCUT2D eigenvalue weighted by Crippen LogP contribution is -2.38. The summed E-state index contributed by atoms with van der Waals surface area (Å²) < 4.78 is 6.04. The zero-order chi connectivity index (χ0) is 15.0. The van der Waals surface area contributed by atoms with E-state index in [4.69, 9.17) is 4.74 Å². The van der Waals surface area contributed by atoms with Gasteiger partial charge >= 0.3 is 0 Å². The number of rotatable bonds is 8. The number of carbonyl (C=O) groups excluding carboxylic acids is 1. The Morgan fingerprint density at radius 3 is 2.75 bits per heavy atom. The number of halogens is 1. The summed E-state index contributed by atoms with van der Waals surface area (Å²) in [5.74, 6) is 0.792. The van der Waals surface area contributed by atoms with Crippen LogP contribution in [0.4, 0.5) is 5.69 Å². The molecule has 0 saturated heterocycles. The van der Waals surface area contributed by atoms with Crippen LogP contribution in [0.25, 0.3) is 0 Å². The first-order valence-corrected chi connectivity index (χ1v) is 7.75. The molecule has 0 aliphatic carbocycles. The average Bonchev–Trinajstić information content (AvgIpc) is 2.43. The molecular weight excluding hydrogens is 320 g/mol. The number of hydrogen-bond donors (Lipinski definition) is 2. The molecule has 1 atom stereocenters. The van der Waals surface area contributed by atoms with Crippen molar-refractivity contribution in [2.45, 2.75) is 39.2 Å². The minimum Gasteiger partial charge on any atom is -0.496 e. The quantitative estimate of drug-likeness (QED) is 0.710. The second-order valence-corrected chi connectivity index (χ2v) is 5.57. The Labute approximate surface area is 129 Å². The number of ether oxygens (including phenoxy) is 1. The summed E-state index contributed by atoms with van der Waals surface area (Å²) in [5.41, 5.74) is 0.883. The van der Waals surface area contributed by atoms with Crippen LogP contribution in [0.2, 0.25) is 0 Å². The van der Waals surface area contributed by atoms with Gasteiger partial charge in [-0.1, -0.05) is 19.8 Å². The summed E-state index contributed by atoms with van der Waals surface area (Å²) in [6.07, 6.45) is 3.33. The van der Waals surface area contributed by atoms with Crippen molar-refractivity contribution in [1.82, 2.24) is 5.32 Å². The van der Waals surface area contributed by atoms with Gasteiger partial charge in [-0.05, 0) is 47.5 Å². The molecule has 4 nitrogen and oxygen atoms in total. The van der Waals surface area contributed by atoms with Gasteiger partial charge in [0.1, 0.15) is 11.8 Å². The maximum Gasteiger partial charge on any atom is 0.242 e. The highest BCUT2D eigenvalue weighted by Gasteiger charge is 2.12. The lowest BCUT2D eigenvalue weighted by molar-refractivity contribution is -0.121. The number of anilines is 1. The molecule has 0 heterocycles. The molecule has 20 heavy (non-hydrogen) atoms. The first-order chi connectivity index (χ1) is 9.58. The highest BCUT2D eigenvalue weighted by molar-refractivity contribution is 9.10. The van der Waals surface area contributed by atoms with Crippen LogP contribution in [-0.4, -0.2) is 25.6 Å². The Morgan fingerprint density at radius 2 is 2.15 bits per heavy atom. The van der Waals surface area contributed by atoms with Crippen molar-refractivity contribution in [3.05, 3.63) is 22.7 Å². The average molecular weight is 343 g/mol. The van der Waals surface area contributed by atoms with E-state index in [-0.39, 0.29) is 11.9 Å². The SMILES string of the molecule is CCCCCNC(=O)C(C)Nc1ccc(OC)c(Br)c1. The Morgan fingerprint density at radius 1 is 1.40 bits per heavy atom. The Bertz CT molecular complexity index is 438. The first kappa shape index (κ1) is 16.8. The predicted octanol–water partition coefficient (Wildman–Crippen LogP) is 3.56. The second-order valence-electron chi connectivity index (χ2n) is 4.71. The van der Waals surface area contributed by atoms with Crippen molar-refractivity contribution < 1.29 is 9.53 Å². The van der Waals surface area contributed by atoms with Crippen LogP contribution in [-0.2, 0) is 4.79 Å². The van der Waals surface area contributed by atoms with Crippen molar-refractivity contribution in [3.8, 4) is 5.75 Å². The molecular formula is C15H23BrN2O2. The highest BCUT2D eigenvalue weighted by Crippen LogP contribution is 2.27. The van der Waals surface area contributed by atoms with Crippen molar-refractivity contribution in [2.75, 3.05) is 19.0 Å². The fraction of sp³-hybridized carbons (Fsp3) is 0.533. The van der Waals surface area contributed by atoms with Gasteiger partial charge in [0.2, 0.25) is 5.91 Å². The summed E-state index contributed by atoms with van der Waals surface area (Å²) in [6.45, 7) is 4.74. The van der Waals surface area contributed by atoms with Crippen molar-refractivity contribution in [3.63, 3.8) is 0 Å². The Kier molecular flexibility index (Phi) is 7.44. The summed E-state index contributed by atoms with van der Waals surface area (Å²) in [7, 11) is 1.62. The van der Waals surface area contributed by atoms with Gasteiger partial charge in [-0.3, -0.25) is 4.79 Å². The molecule has 0 saturated carbocycles. The highest BCUT2D eigenvalue weighted by atomic mass is 79.9. The fourth-order valence-electron chi connectivity index (χ4n) is 1.81. The molecule has 0 fully saturated rings. The molecule has 1 aromatic carbocycles. The smallest absolute Gasteiger partial charge is 0.242 e. The van der Waals surface area contributed by atoms with Crippen LogP contribution in [0.5, 0.6) is 5.75 Å². The monoisotopic (exact) mass is 342 g/mol. The van der Waals surface area contributed by atoms with E-state index in [1.165, 1.54) is 0 Å². The minimum atomic E-state index is -0.267. The van der Waals surface area contributed by atoms with E-state index in [0.717, 1.165) is 41.7 Å². The van der Waals surface area contributed by atoms with Gasteiger partial charge in [-0.2, -0.15) is 0 Å². The molecule has 0 aliphatic heterocycles. The largest absolute Gasteiger partial charge is 0.496 e. The molecule has 2 N–H and O–H groups in total. The molecule has 0 aliphatic rings. The van der Waals surface area contributed by atoms with E-state index >= 15 is 0 Å². The minimum absolute atomic E-state index is 0.0213. The van der Waals surface area contributed by atoms with E-state index in [1.807, 2.05) is 25.1 Å². The fourth-order valence-corrected chi connectivity index (χ4v) is 2.35. The molecule has 1 rings (SSSR count). The third-order valence-electron chi connectivity index (χ3n) is 3.01. The molecule has 5 heteroatoms. The lowest BCUT2D eigenvalue weighted by Gasteiger charge is -2.16. The topological polar surface area (TPSA) is 50.4 Å². The molecule has 1 amide bonds. The third kappa shape index (κ3) is 5.41. The first-order valence-electron chi connectivity index (χ1n) is 6.96. The van der Waals surface area contributed by atoms with Crippen LogP contribution < -0.4 is 15.4 Å². The van der Waals surface area contributed by atoms with Crippen molar-refractivity contribution >= 4 is 27.5 Å². The van der Waals surface area contributed by atoms with Crippen molar-refractivity contribution in [2.24, 2.45) is 0 Å². The van der Waals surface area contributed by atoms with Gasteiger partial charge in [-0.15, -0.1) is 0 Å². The van der Waals surface area contributed by atoms with Crippen LogP contribution in [0.3, 0.4) is 0 Å². The standard InChI is InChI=1S/C15H23BrN2O2/c1-4-5-6-9-17-15(19)11(2)18-12-7-8-14(20-3)13(16)10-12/h7-8,10-11,18H,4-6,9H2,1-3H3,(H,17,19). The molecule has 0 aromatic heterocycles. The van der Waals surface area contributed by atoms with Gasteiger partial charge in [0.15, 0.2) is 0 Å². The Balaban J connectivity index is 2.46. The maximum atomic E-state index is 11.9. The number of benzene rings is 1. The predicted molar refractivity (Wildman–Crippen MR) is 86.3 cm³/mol. The van der Waals surface area contributed by atoms with Crippen LogP contribution in [0.15, 0.2) is 22.7 Å². The van der Waals surface area contributed by atoms with Gasteiger partial charge in [0.05, 0.1) is 11.6 Å². The lowest BCUT2D eigenvalue weighted by atomic mass is 10.2. The summed E-state index contributed by atoms with van der Waals surface area (Å²) in [6, 6.07) is 5.39. The van der Waals surface area contributed by atoms with E-state index < -0.39 is 0 Å². The van der Waals surface area contributed by atoms with Gasteiger partial charge in [0.25, 0.3) is 0 Å². The van der Waals surface area contributed by atoms with Crippen LogP contribution in [0.1, 0.15) is 33.1 Å². The summed E-state index contributed by atoms with van der Waals surface area (Å²) >= 11 is 3.43. The van der Waals surface area contributed by atoms with E-state index in [1.54, 1.807) is 7.11 Å². The van der Waals surface area contributed by atoms with E-state index in [9.17, 15) is 4.79 Å². The second kappa shape index (κ2) is 8.84. The number of hydrogen-bond acceptors (Lipinski definition) is 3. The summed E-state index contributed by atoms with van der Waals surface area (Å²) in [4.78, 5) is 11.9. The molecule has 112 valence electrons. The molecule has 0 radical (unpaired) electrons. The van der Waals surface area contributed by atoms with Crippen LogP contribution >= 0.6 is 15.9 Å². The number of methoxy groups -OCH3 is 1. The van der Waals surface area contributed by atoms with Crippen LogP contribution in [0, 0.1) is 0 Å². The number of nitrogens with one attached hydrogen (secondary N) is 2. The number of amides is 1. The zero-order valence-corrected chi connectivity index (χ0v) is 13.9. The van der Waals surface area contributed by atoms with E-state index in [2.05, 4.69) is 33.5 Å². The van der Waals surface area contributed by atoms with E-state index in [0.29, 0.717) is 0 Å². The van der Waals surface area contributed by atoms with Gasteiger partial charge < -0.3 is 15.4 Å². The van der Waals surface area contributed by atoms with Gasteiger partial charge in [0, 0.05) is 12.2 Å². The molecule has 0 spiro atoms. The number of carbonyl (C=O) groups is 1. The third-order valence-corrected chi connectivity index (χ3v) is 3.63.